The number of unbranched alkanes of at least 4 members (excludes halogenated alkanes) is 14. The van der Waals surface area contributed by atoms with E-state index >= 15 is 0 Å². The summed E-state index contributed by atoms with van der Waals surface area (Å²) in [5.41, 5.74) is 5.59. The minimum atomic E-state index is -4.51. The molecule has 3 unspecified atom stereocenters. The number of phosphoric ester groups is 1. The van der Waals surface area contributed by atoms with Crippen molar-refractivity contribution in [2.75, 3.05) is 60.7 Å². The Morgan fingerprint density at radius 1 is 0.867 bits per heavy atom. The fourth-order valence-electron chi connectivity index (χ4n) is 7.06. The highest BCUT2D eigenvalue weighted by Gasteiger charge is 2.56. The molecule has 20 heteroatoms. The van der Waals surface area contributed by atoms with Gasteiger partial charge in [-0.15, -0.1) is 0 Å². The van der Waals surface area contributed by atoms with E-state index in [1.54, 1.807) is 6.08 Å². The first-order valence-corrected chi connectivity index (χ1v) is 24.6. The van der Waals surface area contributed by atoms with Crippen LogP contribution >= 0.6 is 7.82 Å². The van der Waals surface area contributed by atoms with Crippen LogP contribution in [0, 0.1) is 0 Å². The van der Waals surface area contributed by atoms with Crippen LogP contribution in [-0.4, -0.2) is 137 Å². The summed E-state index contributed by atoms with van der Waals surface area (Å²) in [7, 11) is -3.10. The molecule has 2 saturated heterocycles. The fraction of sp³-hybridized carbons (Fsp3) is 0.900. The van der Waals surface area contributed by atoms with Gasteiger partial charge in [-0.1, -0.05) is 83.1 Å². The Labute approximate surface area is 358 Å². The van der Waals surface area contributed by atoms with Gasteiger partial charge in [0.25, 0.3) is 0 Å². The summed E-state index contributed by atoms with van der Waals surface area (Å²) in [6, 6.07) is 0. The normalized spacial score (nSPS) is 22.8. The zero-order valence-electron chi connectivity index (χ0n) is 36.5. The van der Waals surface area contributed by atoms with Gasteiger partial charge in [-0.25, -0.2) is 13.5 Å². The molecule has 5 N–H and O–H groups in total. The smallest absolute Gasteiger partial charge is 0.460 e. The molecule has 2 heterocycles. The van der Waals surface area contributed by atoms with Gasteiger partial charge in [0.1, 0.15) is 38.7 Å². The Hall–Kier alpha value is -1.58. The Balaban J connectivity index is 1.55. The quantitative estimate of drug-likeness (QED) is 0.0113. The summed E-state index contributed by atoms with van der Waals surface area (Å²) in [4.78, 5) is 33.8. The molecule has 352 valence electrons. The summed E-state index contributed by atoms with van der Waals surface area (Å²) >= 11 is 0. The number of esters is 2. The first-order chi connectivity index (χ1) is 28.3. The highest BCUT2D eigenvalue weighted by atomic mass is 32.3. The highest BCUT2D eigenvalue weighted by Crippen LogP contribution is 2.46. The lowest BCUT2D eigenvalue weighted by molar-refractivity contribution is -0.870. The molecule has 2 aliphatic rings. The number of aliphatic hydroxyl groups excluding tert-OH is 1. The monoisotopic (exact) mass is 903 g/mol. The third kappa shape index (κ3) is 26.1. The van der Waals surface area contributed by atoms with E-state index in [0.717, 1.165) is 83.5 Å². The molecule has 60 heavy (non-hydrogen) atoms. The maximum Gasteiger partial charge on any atom is 0.472 e. The second-order valence-electron chi connectivity index (χ2n) is 16.8. The average Bonchev–Trinajstić information content (AvgIpc) is 3.45. The molecule has 0 aromatic carbocycles. The van der Waals surface area contributed by atoms with E-state index in [2.05, 4.69) is 4.18 Å². The van der Waals surface area contributed by atoms with Gasteiger partial charge in [0.15, 0.2) is 6.10 Å². The standard InChI is InChI=1S/C40H75N2O16PS/c1-33(43)56-37-25-24-36-35(22-18-14-13-15-19-23-39(45)52-30-34(44)31-54-59(46,47)53-29-27-42(2,3)4)57-40(37,58-36)26-20-16-11-9-7-5-6-8-10-12-17-21-28-51-38(41)32-55-60(48,49)50/h19,23,34-38,44H,5-18,20-22,24-32,41H2,1-4H3,(H-,46,47,48,49,50)/p+1/b23-19+/t34?,35-,36+,37+,38?,40+/m1/s1. The number of carbonyl (C=O) groups is 2. The number of ether oxygens (including phenoxy) is 5. The summed E-state index contributed by atoms with van der Waals surface area (Å²) < 4.78 is 85.2. The van der Waals surface area contributed by atoms with Crippen LogP contribution in [0.2, 0.25) is 0 Å². The fourth-order valence-corrected chi connectivity index (χ4v) is 8.11. The highest BCUT2D eigenvalue weighted by molar-refractivity contribution is 7.80. The van der Waals surface area contributed by atoms with E-state index in [4.69, 9.17) is 43.0 Å². The van der Waals surface area contributed by atoms with Gasteiger partial charge in [0.05, 0.1) is 40.0 Å². The van der Waals surface area contributed by atoms with Crippen LogP contribution in [0.4, 0.5) is 0 Å². The number of hydrogen-bond donors (Lipinski definition) is 4. The molecule has 2 rings (SSSR count). The number of likely N-dealkylation sites (N-methyl/N-ethyl adjacent to an activating group) is 1. The lowest BCUT2D eigenvalue weighted by atomic mass is 9.93. The molecule has 0 saturated carbocycles. The van der Waals surface area contributed by atoms with Crippen LogP contribution in [0.1, 0.15) is 135 Å². The van der Waals surface area contributed by atoms with Crippen LogP contribution in [0.3, 0.4) is 0 Å². The zero-order valence-corrected chi connectivity index (χ0v) is 38.2. The maximum absolute atomic E-state index is 12.1. The van der Waals surface area contributed by atoms with E-state index < -0.39 is 61.6 Å². The van der Waals surface area contributed by atoms with Gasteiger partial charge < -0.3 is 43.9 Å². The molecule has 0 spiro atoms. The van der Waals surface area contributed by atoms with Gasteiger partial charge in [0.2, 0.25) is 5.79 Å². The summed E-state index contributed by atoms with van der Waals surface area (Å²) in [5.74, 6) is -1.85. The van der Waals surface area contributed by atoms with Gasteiger partial charge in [-0.2, -0.15) is 8.42 Å². The molecular formula is C40H76N2O16PS+. The first kappa shape index (κ1) is 54.6. The molecule has 0 aromatic heterocycles. The minimum absolute atomic E-state index is 0.00826. The number of allylic oxidation sites excluding steroid dienone is 1. The van der Waals surface area contributed by atoms with E-state index in [9.17, 15) is 32.6 Å². The van der Waals surface area contributed by atoms with Crippen LogP contribution < -0.4 is 5.73 Å². The van der Waals surface area contributed by atoms with Crippen LogP contribution in [0.5, 0.6) is 0 Å². The molecule has 18 nitrogen and oxygen atoms in total. The summed E-state index contributed by atoms with van der Waals surface area (Å²) in [5, 5.41) is 9.98. The summed E-state index contributed by atoms with van der Waals surface area (Å²) in [6.45, 7) is 1.01. The number of hydrogen-bond acceptors (Lipinski definition) is 15. The van der Waals surface area contributed by atoms with Crippen molar-refractivity contribution in [3.8, 4) is 0 Å². The third-order valence-corrected chi connectivity index (χ3v) is 11.7. The lowest BCUT2D eigenvalue weighted by Crippen LogP contribution is -2.49. The number of phosphoric acid groups is 1. The number of nitrogens with zero attached hydrogens (tertiary/aromatic N) is 1. The average molecular weight is 904 g/mol. The SMILES string of the molecule is CC(=O)O[C@H]1CC[C@@H]2O[C@]1(CCCCCCCCCCCCCCOC(N)COS(=O)(=O)O)O[C@@H]2CCCCC/C=C/C(=O)OCC(O)COP(=O)(O)OCC[N+](C)(C)C. The second kappa shape index (κ2) is 29.0. The van der Waals surface area contributed by atoms with Gasteiger partial charge in [0, 0.05) is 26.0 Å². The molecule has 0 aromatic rings. The third-order valence-electron chi connectivity index (χ3n) is 10.2. The van der Waals surface area contributed by atoms with Gasteiger partial charge in [-0.3, -0.25) is 18.4 Å². The topological polar surface area (TPSA) is 246 Å². The number of nitrogens with two attached hydrogens (primary N) is 1. The van der Waals surface area contributed by atoms with Crippen molar-refractivity contribution < 1.29 is 78.5 Å². The number of carbonyl (C=O) groups excluding carboxylic acids is 2. The number of fused-ring (bicyclic) bond motifs is 2. The maximum atomic E-state index is 12.1. The first-order valence-electron chi connectivity index (χ1n) is 21.7. The Kier molecular flexibility index (Phi) is 26.3. The number of aliphatic hydroxyl groups is 1. The second-order valence-corrected chi connectivity index (χ2v) is 19.4. The van der Waals surface area contributed by atoms with Crippen molar-refractivity contribution in [2.45, 2.75) is 172 Å². The molecule has 2 bridgehead atoms. The Morgan fingerprint density at radius 2 is 1.48 bits per heavy atom. The minimum Gasteiger partial charge on any atom is -0.460 e. The molecular weight excluding hydrogens is 827 g/mol. The molecule has 2 fully saturated rings. The van der Waals surface area contributed by atoms with Gasteiger partial charge >= 0.3 is 30.2 Å². The van der Waals surface area contributed by atoms with Gasteiger partial charge in [-0.05, 0) is 44.9 Å². The lowest BCUT2D eigenvalue weighted by Gasteiger charge is -2.38. The molecule has 2 aliphatic heterocycles. The van der Waals surface area contributed by atoms with Crippen LogP contribution in [0.15, 0.2) is 12.2 Å². The van der Waals surface area contributed by atoms with Crippen molar-refractivity contribution in [3.05, 3.63) is 12.2 Å². The van der Waals surface area contributed by atoms with Crippen LogP contribution in [-0.2, 0) is 61.5 Å². The summed E-state index contributed by atoms with van der Waals surface area (Å²) in [6.07, 6.45) is 19.9. The van der Waals surface area contributed by atoms with E-state index in [0.29, 0.717) is 30.5 Å². The van der Waals surface area contributed by atoms with Crippen molar-refractivity contribution >= 4 is 30.2 Å². The van der Waals surface area contributed by atoms with E-state index in [1.165, 1.54) is 45.1 Å². The Bertz CT molecular complexity index is 1400. The van der Waals surface area contributed by atoms with E-state index in [-0.39, 0.29) is 31.4 Å². The van der Waals surface area contributed by atoms with Crippen molar-refractivity contribution in [2.24, 2.45) is 5.73 Å². The molecule has 0 amide bonds. The van der Waals surface area contributed by atoms with Crippen molar-refractivity contribution in [1.82, 2.24) is 0 Å². The number of quaternary nitrogens is 1. The van der Waals surface area contributed by atoms with Crippen LogP contribution in [0.25, 0.3) is 0 Å². The predicted molar refractivity (Wildman–Crippen MR) is 223 cm³/mol. The largest absolute Gasteiger partial charge is 0.472 e. The van der Waals surface area contributed by atoms with Crippen molar-refractivity contribution in [3.63, 3.8) is 0 Å². The van der Waals surface area contributed by atoms with Crippen molar-refractivity contribution in [1.29, 1.82) is 0 Å². The molecule has 0 aliphatic carbocycles. The number of rotatable bonds is 36. The molecule has 7 atom stereocenters. The Morgan fingerprint density at radius 3 is 2.10 bits per heavy atom. The predicted octanol–water partition coefficient (Wildman–Crippen LogP) is 5.63. The van der Waals surface area contributed by atoms with E-state index in [1.807, 2.05) is 21.1 Å². The molecule has 0 radical (unpaired) electrons. The zero-order chi connectivity index (χ0) is 44.5.